The van der Waals surface area contributed by atoms with Crippen LogP contribution in [0.2, 0.25) is 0 Å². The number of ether oxygens (including phenoxy) is 10. The van der Waals surface area contributed by atoms with Crippen molar-refractivity contribution in [1.29, 1.82) is 0 Å². The van der Waals surface area contributed by atoms with Crippen molar-refractivity contribution in [3.63, 3.8) is 0 Å². The second kappa shape index (κ2) is 27.9. The van der Waals surface area contributed by atoms with Crippen molar-refractivity contribution in [2.75, 3.05) is 39.6 Å². The third-order valence-electron chi connectivity index (χ3n) is 12.1. The molecule has 20 nitrogen and oxygen atoms in total. The minimum absolute atomic E-state index is 0.00696. The first-order valence-electron chi connectivity index (χ1n) is 24.8. The van der Waals surface area contributed by atoms with Crippen molar-refractivity contribution >= 4 is 64.3 Å². The summed E-state index contributed by atoms with van der Waals surface area (Å²) in [7, 11) is 0. The number of carbonyl (C=O) groups excluding carboxylic acids is 7. The van der Waals surface area contributed by atoms with Crippen LogP contribution in [0.15, 0.2) is 147 Å². The van der Waals surface area contributed by atoms with Crippen molar-refractivity contribution in [2.45, 2.75) is 62.8 Å². The van der Waals surface area contributed by atoms with E-state index in [4.69, 9.17) is 61.9 Å². The Kier molecular flexibility index (Phi) is 20.4. The van der Waals surface area contributed by atoms with E-state index < -0.39 is 66.2 Å². The van der Waals surface area contributed by atoms with E-state index in [2.05, 4.69) is 13.2 Å². The second-order valence-electron chi connectivity index (χ2n) is 17.7. The molecule has 2 saturated heterocycles. The zero-order valence-corrected chi connectivity index (χ0v) is 42.9. The van der Waals surface area contributed by atoms with Gasteiger partial charge in [0.25, 0.3) is 0 Å². The molecule has 0 aromatic heterocycles. The monoisotopic (exact) mass is 1080 g/mol. The summed E-state index contributed by atoms with van der Waals surface area (Å²) in [5.74, 6) is -3.49. The lowest BCUT2D eigenvalue weighted by atomic mass is 10.0. The number of carbonyl (C=O) groups is 7. The van der Waals surface area contributed by atoms with Gasteiger partial charge in [0.15, 0.2) is 18.0 Å². The van der Waals surface area contributed by atoms with Crippen LogP contribution in [0.25, 0.3) is 21.5 Å². The summed E-state index contributed by atoms with van der Waals surface area (Å²) in [5.41, 5.74) is 1.13. The molecule has 2 fully saturated rings. The second-order valence-corrected chi connectivity index (χ2v) is 17.7. The van der Waals surface area contributed by atoms with Crippen LogP contribution in [-0.2, 0) is 58.2 Å². The quantitative estimate of drug-likeness (QED) is 0.00685. The van der Waals surface area contributed by atoms with Crippen molar-refractivity contribution < 1.29 is 95.8 Å². The predicted octanol–water partition coefficient (Wildman–Crippen LogP) is 8.66. The Morgan fingerprint density at radius 2 is 0.987 bits per heavy atom. The van der Waals surface area contributed by atoms with Crippen molar-refractivity contribution in [3.05, 3.63) is 169 Å². The lowest BCUT2D eigenvalue weighted by molar-refractivity contribution is -0.207. The van der Waals surface area contributed by atoms with E-state index in [1.807, 2.05) is 6.79 Å². The van der Waals surface area contributed by atoms with Gasteiger partial charge in [0.1, 0.15) is 36.2 Å². The summed E-state index contributed by atoms with van der Waals surface area (Å²) in [6, 6.07) is 32.3. The van der Waals surface area contributed by atoms with Crippen LogP contribution in [-0.4, -0.2) is 112 Å². The summed E-state index contributed by atoms with van der Waals surface area (Å²) in [6.07, 6.45) is 0.543. The third-order valence-corrected chi connectivity index (χ3v) is 12.1. The fourth-order valence-corrected chi connectivity index (χ4v) is 8.11. The highest BCUT2D eigenvalue weighted by Gasteiger charge is 2.51. The minimum atomic E-state index is -1.79. The molecule has 0 aliphatic carbocycles. The molecule has 0 spiro atoms. The first-order chi connectivity index (χ1) is 38.2. The molecule has 6 aromatic carbocycles. The Morgan fingerprint density at radius 1 is 0.532 bits per heavy atom. The van der Waals surface area contributed by atoms with Crippen LogP contribution >= 0.6 is 0 Å². The summed E-state index contributed by atoms with van der Waals surface area (Å²) in [4.78, 5) is 92.6. The lowest BCUT2D eigenvalue weighted by Gasteiger charge is -2.25. The summed E-state index contributed by atoms with van der Waals surface area (Å²) in [5, 5.41) is 14.4. The first kappa shape index (κ1) is 57.7. The molecule has 8 rings (SSSR count). The smallest absolute Gasteiger partial charge is 0.463 e. The van der Waals surface area contributed by atoms with E-state index in [1.54, 1.807) is 72.8 Å². The van der Waals surface area contributed by atoms with Crippen LogP contribution in [0.4, 0.5) is 4.79 Å². The maximum atomic E-state index is 13.3. The molecule has 0 radical (unpaired) electrons. The van der Waals surface area contributed by atoms with Gasteiger partial charge >= 0.3 is 36.0 Å². The van der Waals surface area contributed by atoms with E-state index in [-0.39, 0.29) is 61.4 Å². The lowest BCUT2D eigenvalue weighted by Crippen LogP contribution is -2.36. The molecule has 79 heavy (non-hydrogen) atoms. The molecule has 3 unspecified atom stereocenters. The topological polar surface area (TPSA) is 250 Å². The normalized spacial score (nSPS) is 16.8. The molecule has 6 aromatic rings. The molecule has 0 amide bonds. The summed E-state index contributed by atoms with van der Waals surface area (Å²) in [6.45, 7) is 11.0. The van der Waals surface area contributed by atoms with Gasteiger partial charge in [0.2, 0.25) is 5.79 Å². The fourth-order valence-electron chi connectivity index (χ4n) is 8.11. The average Bonchev–Trinajstić information content (AvgIpc) is 4.10. The van der Waals surface area contributed by atoms with Gasteiger partial charge < -0.3 is 62.2 Å². The number of hydrogen-bond acceptors (Lipinski definition) is 20. The standard InChI is InChI=1S/C58H54O19.CH2O/c1-4-50(59)66-26-6-7-28-68-57(64)73-46-24-17-39-31-43(19-12-41(39)32-46)58(3,65)76-45-22-15-37(16-23-45)55(62)75-49-35-70-52-48(34-69-53(49)52)74-54(61)36-13-20-44(21-14-36)72-56(63)42-11-10-40-33-47(25-18-38(40)30-42)77-71-29-9-8-27-67-51(60)5-2;1-2/h4-5,10-25,30-33,48-49,52-53,65H,1-2,6-9,26-29,34-35H2,3H3;1H2/t48-,49-,52?,53?,58?;/m1./s1. The van der Waals surface area contributed by atoms with Crippen LogP contribution in [0.1, 0.15) is 69.2 Å². The van der Waals surface area contributed by atoms with Crippen LogP contribution in [0.5, 0.6) is 23.0 Å². The van der Waals surface area contributed by atoms with Crippen molar-refractivity contribution in [3.8, 4) is 23.0 Å². The molecular weight excluding hydrogens is 1030 g/mol. The van der Waals surface area contributed by atoms with Crippen LogP contribution in [0, 0.1) is 0 Å². The number of benzene rings is 6. The van der Waals surface area contributed by atoms with Crippen LogP contribution < -0.4 is 19.1 Å². The zero-order chi connectivity index (χ0) is 56.3. The maximum Gasteiger partial charge on any atom is 0.513 e. The van der Waals surface area contributed by atoms with Gasteiger partial charge in [-0.3, -0.25) is 0 Å². The predicted molar refractivity (Wildman–Crippen MR) is 280 cm³/mol. The summed E-state index contributed by atoms with van der Waals surface area (Å²) >= 11 is 0. The van der Waals surface area contributed by atoms with E-state index in [1.165, 1.54) is 55.5 Å². The van der Waals surface area contributed by atoms with Crippen molar-refractivity contribution in [2.24, 2.45) is 0 Å². The molecule has 5 atom stereocenters. The molecule has 2 heterocycles. The molecular formula is C59H56O20. The summed E-state index contributed by atoms with van der Waals surface area (Å²) < 4.78 is 55.1. The highest BCUT2D eigenvalue weighted by Crippen LogP contribution is 2.34. The van der Waals surface area contributed by atoms with E-state index in [0.29, 0.717) is 49.2 Å². The SMILES string of the molecule is C=CC(=O)OCCCCOOc1ccc2cc(C(=O)Oc3ccc(C(=O)O[C@@H]4COC5C4OC[C@H]5OC(=O)c4ccc(OC(C)(O)c5ccc6cc(OC(=O)OCCCCOC(=O)C=C)ccc6c5)cc4)cc3)ccc2c1.C=O. The molecule has 0 bridgehead atoms. The Morgan fingerprint density at radius 3 is 1.57 bits per heavy atom. The number of rotatable bonds is 24. The molecule has 0 saturated carbocycles. The highest BCUT2D eigenvalue weighted by molar-refractivity contribution is 5.97. The number of hydrogen-bond donors (Lipinski definition) is 1. The van der Waals surface area contributed by atoms with E-state index in [9.17, 15) is 33.9 Å². The molecule has 20 heteroatoms. The number of aliphatic hydroxyl groups is 1. The van der Waals surface area contributed by atoms with E-state index in [0.717, 1.165) is 33.7 Å². The largest absolute Gasteiger partial charge is 0.513 e. The fraction of sp³-hybridized carbons (Fsp3) is 0.271. The van der Waals surface area contributed by atoms with E-state index >= 15 is 0 Å². The Labute approximate surface area is 453 Å². The van der Waals surface area contributed by atoms with Gasteiger partial charge in [-0.1, -0.05) is 43.5 Å². The molecule has 1 N–H and O–H groups in total. The van der Waals surface area contributed by atoms with Gasteiger partial charge in [-0.2, -0.15) is 4.89 Å². The van der Waals surface area contributed by atoms with Crippen LogP contribution in [0.3, 0.4) is 0 Å². The Bertz CT molecular complexity index is 3130. The average molecular weight is 1090 g/mol. The minimum Gasteiger partial charge on any atom is -0.463 e. The molecule has 2 aliphatic rings. The highest BCUT2D eigenvalue weighted by atomic mass is 17.2. The van der Waals surface area contributed by atoms with Crippen molar-refractivity contribution in [1.82, 2.24) is 0 Å². The Balaban J connectivity index is 0.00000446. The van der Waals surface area contributed by atoms with Gasteiger partial charge in [0, 0.05) is 24.6 Å². The first-order valence-corrected chi connectivity index (χ1v) is 24.8. The van der Waals surface area contributed by atoms with Gasteiger partial charge in [-0.05, 0) is 138 Å². The maximum absolute atomic E-state index is 13.3. The van der Waals surface area contributed by atoms with Gasteiger partial charge in [0.05, 0.1) is 56.3 Å². The molecule has 2 aliphatic heterocycles. The number of unbranched alkanes of at least 4 members (excludes halogenated alkanes) is 2. The Hall–Kier alpha value is -8.95. The zero-order valence-electron chi connectivity index (χ0n) is 42.9. The number of esters is 5. The third kappa shape index (κ3) is 16.1. The van der Waals surface area contributed by atoms with Gasteiger partial charge in [-0.15, -0.1) is 0 Å². The number of fused-ring (bicyclic) bond motifs is 3. The molecule has 412 valence electrons. The van der Waals surface area contributed by atoms with Gasteiger partial charge in [-0.25, -0.2) is 28.8 Å².